The van der Waals surface area contributed by atoms with Crippen molar-refractivity contribution in [3.05, 3.63) is 59.7 Å². The van der Waals surface area contributed by atoms with E-state index in [-0.39, 0.29) is 17.7 Å². The number of carbonyl (C=O) groups is 3. The Hall–Kier alpha value is -3.15. The summed E-state index contributed by atoms with van der Waals surface area (Å²) in [5.41, 5.74) is 2.73. The molecular weight excluding hydrogens is 344 g/mol. The number of hydrogen-bond acceptors (Lipinski definition) is 4. The van der Waals surface area contributed by atoms with E-state index >= 15 is 0 Å². The molecule has 0 saturated carbocycles. The van der Waals surface area contributed by atoms with Gasteiger partial charge in [-0.3, -0.25) is 14.4 Å². The first-order chi connectivity index (χ1) is 12.7. The Morgan fingerprint density at radius 1 is 0.926 bits per heavy atom. The van der Waals surface area contributed by atoms with Gasteiger partial charge >= 0.3 is 5.97 Å². The van der Waals surface area contributed by atoms with Crippen LogP contribution in [0.2, 0.25) is 0 Å². The number of rotatable bonds is 5. The van der Waals surface area contributed by atoms with Crippen LogP contribution in [0.25, 0.3) is 0 Å². The zero-order chi connectivity index (χ0) is 20.0. The minimum absolute atomic E-state index is 0.0196. The molecule has 0 aromatic heterocycles. The van der Waals surface area contributed by atoms with Crippen molar-refractivity contribution in [3.8, 4) is 0 Å². The number of hydrogen-bond donors (Lipinski definition) is 2. The summed E-state index contributed by atoms with van der Waals surface area (Å²) >= 11 is 0. The molecule has 2 aromatic rings. The lowest BCUT2D eigenvalue weighted by Crippen LogP contribution is -2.17. The molecule has 27 heavy (non-hydrogen) atoms. The van der Waals surface area contributed by atoms with Crippen LogP contribution in [-0.4, -0.2) is 24.9 Å². The van der Waals surface area contributed by atoms with Crippen molar-refractivity contribution in [1.82, 2.24) is 0 Å². The number of benzene rings is 2. The van der Waals surface area contributed by atoms with Gasteiger partial charge in [0.15, 0.2) is 0 Å². The third-order valence-electron chi connectivity index (χ3n) is 3.95. The zero-order valence-corrected chi connectivity index (χ0v) is 16.0. The van der Waals surface area contributed by atoms with Crippen LogP contribution in [-0.2, 0) is 19.7 Å². The molecule has 0 fully saturated rings. The molecule has 2 aromatic carbocycles. The van der Waals surface area contributed by atoms with E-state index < -0.39 is 11.9 Å². The van der Waals surface area contributed by atoms with Crippen molar-refractivity contribution < 1.29 is 19.1 Å². The molecule has 0 heterocycles. The fourth-order valence-corrected chi connectivity index (χ4v) is 2.41. The lowest BCUT2D eigenvalue weighted by molar-refractivity contribution is -0.142. The average Bonchev–Trinajstić information content (AvgIpc) is 2.61. The third kappa shape index (κ3) is 5.95. The molecule has 2 N–H and O–H groups in total. The second-order valence-electron chi connectivity index (χ2n) is 7.16. The van der Waals surface area contributed by atoms with Crippen molar-refractivity contribution in [1.29, 1.82) is 0 Å². The largest absolute Gasteiger partial charge is 0.469 e. The zero-order valence-electron chi connectivity index (χ0n) is 16.0. The Morgan fingerprint density at radius 3 is 2.07 bits per heavy atom. The van der Waals surface area contributed by atoms with E-state index in [4.69, 9.17) is 0 Å². The maximum absolute atomic E-state index is 12.4. The highest BCUT2D eigenvalue weighted by atomic mass is 16.5. The van der Waals surface area contributed by atoms with E-state index in [1.165, 1.54) is 7.11 Å². The maximum atomic E-state index is 12.4. The summed E-state index contributed by atoms with van der Waals surface area (Å²) in [6.07, 6.45) is -0.368. The summed E-state index contributed by atoms with van der Waals surface area (Å²) in [6.45, 7) is 6.34. The fourth-order valence-electron chi connectivity index (χ4n) is 2.41. The number of nitrogens with one attached hydrogen (secondary N) is 2. The van der Waals surface area contributed by atoms with Gasteiger partial charge in [-0.25, -0.2) is 0 Å². The molecule has 6 nitrogen and oxygen atoms in total. The van der Waals surface area contributed by atoms with Crippen molar-refractivity contribution in [2.24, 2.45) is 0 Å². The first kappa shape index (κ1) is 20.2. The highest BCUT2D eigenvalue weighted by Crippen LogP contribution is 2.23. The molecule has 0 radical (unpaired) electrons. The molecule has 142 valence electrons. The minimum atomic E-state index is -0.615. The molecular formula is C21H24N2O4. The highest BCUT2D eigenvalue weighted by Gasteiger charge is 2.15. The number of amides is 2. The Balaban J connectivity index is 2.04. The van der Waals surface area contributed by atoms with Gasteiger partial charge in [-0.1, -0.05) is 39.0 Å². The van der Waals surface area contributed by atoms with Gasteiger partial charge in [-0.15, -0.1) is 0 Å². The Kier molecular flexibility index (Phi) is 6.34. The van der Waals surface area contributed by atoms with Crippen LogP contribution in [0.15, 0.2) is 48.5 Å². The average molecular weight is 368 g/mol. The third-order valence-corrected chi connectivity index (χ3v) is 3.95. The molecule has 0 aliphatic rings. The van der Waals surface area contributed by atoms with E-state index in [0.717, 1.165) is 5.56 Å². The quantitative estimate of drug-likeness (QED) is 0.622. The first-order valence-electron chi connectivity index (χ1n) is 8.57. The number of esters is 1. The first-order valence-corrected chi connectivity index (χ1v) is 8.57. The van der Waals surface area contributed by atoms with E-state index in [1.54, 1.807) is 36.4 Å². The maximum Gasteiger partial charge on any atom is 0.315 e. The fraction of sp³-hybridized carbons (Fsp3) is 0.286. The van der Waals surface area contributed by atoms with Crippen molar-refractivity contribution >= 4 is 29.2 Å². The van der Waals surface area contributed by atoms with E-state index in [0.29, 0.717) is 16.9 Å². The summed E-state index contributed by atoms with van der Waals surface area (Å²) in [5, 5.41) is 5.39. The molecule has 0 spiro atoms. The number of methoxy groups -OCH3 is 1. The molecule has 2 rings (SSSR count). The SMILES string of the molecule is COC(=O)CC(=O)Nc1cccc(NC(=O)c2ccc(C(C)(C)C)cc2)c1. The molecule has 6 heteroatoms. The van der Waals surface area contributed by atoms with Crippen LogP contribution in [0.4, 0.5) is 11.4 Å². The van der Waals surface area contributed by atoms with E-state index in [2.05, 4.69) is 36.1 Å². The monoisotopic (exact) mass is 368 g/mol. The van der Waals surface area contributed by atoms with Crippen LogP contribution in [0.1, 0.15) is 43.1 Å². The number of carbonyl (C=O) groups excluding carboxylic acids is 3. The minimum Gasteiger partial charge on any atom is -0.469 e. The second-order valence-corrected chi connectivity index (χ2v) is 7.16. The van der Waals surface area contributed by atoms with Gasteiger partial charge < -0.3 is 15.4 Å². The predicted octanol–water partition coefficient (Wildman–Crippen LogP) is 3.74. The van der Waals surface area contributed by atoms with Crippen LogP contribution in [0, 0.1) is 0 Å². The molecule has 0 bridgehead atoms. The second kappa shape index (κ2) is 8.49. The van der Waals surface area contributed by atoms with Crippen LogP contribution < -0.4 is 10.6 Å². The van der Waals surface area contributed by atoms with Crippen LogP contribution in [0.5, 0.6) is 0 Å². The van der Waals surface area contributed by atoms with Gasteiger partial charge in [0.05, 0.1) is 7.11 Å². The smallest absolute Gasteiger partial charge is 0.315 e. The molecule has 0 saturated heterocycles. The summed E-state index contributed by atoms with van der Waals surface area (Å²) in [6, 6.07) is 14.2. The topological polar surface area (TPSA) is 84.5 Å². The van der Waals surface area contributed by atoms with Gasteiger partial charge in [0.2, 0.25) is 5.91 Å². The Labute approximate surface area is 158 Å². The number of anilines is 2. The van der Waals surface area contributed by atoms with E-state index in [1.807, 2.05) is 12.1 Å². The summed E-state index contributed by atoms with van der Waals surface area (Å²) in [5.74, 6) is -1.34. The Morgan fingerprint density at radius 2 is 1.52 bits per heavy atom. The van der Waals surface area contributed by atoms with Crippen molar-refractivity contribution in [3.63, 3.8) is 0 Å². The highest BCUT2D eigenvalue weighted by molar-refractivity contribution is 6.05. The molecule has 0 atom stereocenters. The van der Waals surface area contributed by atoms with Gasteiger partial charge in [-0.05, 0) is 41.3 Å². The van der Waals surface area contributed by atoms with Gasteiger partial charge in [0, 0.05) is 16.9 Å². The van der Waals surface area contributed by atoms with Crippen LogP contribution in [0.3, 0.4) is 0 Å². The predicted molar refractivity (Wildman–Crippen MR) is 105 cm³/mol. The molecule has 0 aliphatic heterocycles. The normalized spacial score (nSPS) is 10.8. The van der Waals surface area contributed by atoms with Gasteiger partial charge in [0.1, 0.15) is 6.42 Å². The van der Waals surface area contributed by atoms with Crippen molar-refractivity contribution in [2.45, 2.75) is 32.6 Å². The molecule has 0 aliphatic carbocycles. The lowest BCUT2D eigenvalue weighted by Gasteiger charge is -2.19. The lowest BCUT2D eigenvalue weighted by atomic mass is 9.87. The summed E-state index contributed by atoms with van der Waals surface area (Å²) in [7, 11) is 1.22. The van der Waals surface area contributed by atoms with Crippen molar-refractivity contribution in [2.75, 3.05) is 17.7 Å². The standard InChI is InChI=1S/C21H24N2O4/c1-21(2,3)15-10-8-14(9-11-15)20(26)23-17-7-5-6-16(12-17)22-18(24)13-19(25)27-4/h5-12H,13H2,1-4H3,(H,22,24)(H,23,26). The Bertz CT molecular complexity index is 836. The summed E-state index contributed by atoms with van der Waals surface area (Å²) < 4.78 is 4.46. The molecule has 2 amide bonds. The van der Waals surface area contributed by atoms with Crippen LogP contribution >= 0.6 is 0 Å². The number of ether oxygens (including phenoxy) is 1. The van der Waals surface area contributed by atoms with Gasteiger partial charge in [-0.2, -0.15) is 0 Å². The van der Waals surface area contributed by atoms with E-state index in [9.17, 15) is 14.4 Å². The van der Waals surface area contributed by atoms with Gasteiger partial charge in [0.25, 0.3) is 5.91 Å². The molecule has 0 unspecified atom stereocenters. The summed E-state index contributed by atoms with van der Waals surface area (Å²) in [4.78, 5) is 35.3.